The van der Waals surface area contributed by atoms with Crippen molar-refractivity contribution in [2.45, 2.75) is 31.7 Å². The number of amides is 1. The number of carbonyl (C=O) groups excluding carboxylic acids is 1. The molecule has 2 aliphatic heterocycles. The van der Waals surface area contributed by atoms with E-state index >= 15 is 0 Å². The Bertz CT molecular complexity index is 822. The zero-order valence-electron chi connectivity index (χ0n) is 13.8. The van der Waals surface area contributed by atoms with Gasteiger partial charge in [-0.3, -0.25) is 4.79 Å². The summed E-state index contributed by atoms with van der Waals surface area (Å²) in [5.74, 6) is 3.99. The van der Waals surface area contributed by atoms with Gasteiger partial charge in [-0.05, 0) is 24.8 Å². The lowest BCUT2D eigenvalue weighted by atomic mass is 9.69. The summed E-state index contributed by atoms with van der Waals surface area (Å²) in [6, 6.07) is 2.01. The van der Waals surface area contributed by atoms with Gasteiger partial charge in [0, 0.05) is 25.8 Å². The Kier molecular flexibility index (Phi) is 3.45. The molecule has 1 N–H and O–H groups in total. The summed E-state index contributed by atoms with van der Waals surface area (Å²) in [6.45, 7) is 4.79. The number of terminal acetylenes is 1. The molecule has 124 valence electrons. The number of carbonyl (C=O) groups is 1. The topological polar surface area (TPSA) is 65.1 Å². The summed E-state index contributed by atoms with van der Waals surface area (Å²) in [6.07, 6.45) is 11.1. The lowest BCUT2D eigenvalue weighted by Gasteiger charge is -2.61. The molecule has 2 saturated heterocycles. The summed E-state index contributed by atoms with van der Waals surface area (Å²) < 4.78 is 0. The van der Waals surface area contributed by atoms with Gasteiger partial charge < -0.3 is 14.8 Å². The predicted octanol–water partition coefficient (Wildman–Crippen LogP) is 1.80. The van der Waals surface area contributed by atoms with E-state index in [2.05, 4.69) is 32.7 Å². The average Bonchev–Trinajstić information content (AvgIpc) is 3.08. The van der Waals surface area contributed by atoms with Gasteiger partial charge in [-0.25, -0.2) is 9.97 Å². The Balaban J connectivity index is 1.65. The summed E-state index contributed by atoms with van der Waals surface area (Å²) >= 11 is 0. The zero-order chi connectivity index (χ0) is 16.7. The first-order valence-electron chi connectivity index (χ1n) is 8.43. The van der Waals surface area contributed by atoms with E-state index in [1.165, 1.54) is 0 Å². The first kappa shape index (κ1) is 15.0. The van der Waals surface area contributed by atoms with Crippen molar-refractivity contribution in [2.24, 2.45) is 5.92 Å². The maximum Gasteiger partial charge on any atom is 0.235 e. The molecule has 4 rings (SSSR count). The van der Waals surface area contributed by atoms with E-state index in [0.717, 1.165) is 49.3 Å². The minimum Gasteiger partial charge on any atom is -0.354 e. The van der Waals surface area contributed by atoms with Gasteiger partial charge in [-0.1, -0.05) is 12.8 Å². The molecule has 0 aromatic carbocycles. The SMILES string of the molecule is C#CCC(=O)N1CC(C)C12CCCN(c1ncnc3[nH]ccc13)C2. The normalized spacial score (nSPS) is 26.4. The van der Waals surface area contributed by atoms with Crippen LogP contribution in [0.4, 0.5) is 5.82 Å². The van der Waals surface area contributed by atoms with Crippen molar-refractivity contribution in [3.8, 4) is 12.3 Å². The van der Waals surface area contributed by atoms with Gasteiger partial charge in [0.15, 0.2) is 0 Å². The minimum absolute atomic E-state index is 0.0759. The summed E-state index contributed by atoms with van der Waals surface area (Å²) in [7, 11) is 0. The summed E-state index contributed by atoms with van der Waals surface area (Å²) in [5.41, 5.74) is 0.737. The van der Waals surface area contributed by atoms with Crippen LogP contribution in [-0.2, 0) is 4.79 Å². The van der Waals surface area contributed by atoms with E-state index in [1.807, 2.05) is 17.2 Å². The zero-order valence-corrected chi connectivity index (χ0v) is 13.8. The van der Waals surface area contributed by atoms with Crippen LogP contribution in [0, 0.1) is 18.3 Å². The number of aromatic nitrogens is 3. The third-order valence-corrected chi connectivity index (χ3v) is 5.60. The van der Waals surface area contributed by atoms with Crippen LogP contribution in [0.5, 0.6) is 0 Å². The summed E-state index contributed by atoms with van der Waals surface area (Å²) in [5, 5.41) is 1.03. The lowest BCUT2D eigenvalue weighted by molar-refractivity contribution is -0.156. The molecule has 0 saturated carbocycles. The van der Waals surface area contributed by atoms with Crippen molar-refractivity contribution < 1.29 is 4.79 Å². The molecule has 4 heterocycles. The number of nitrogens with one attached hydrogen (secondary N) is 1. The average molecular weight is 323 g/mol. The molecule has 0 aliphatic carbocycles. The standard InChI is InChI=1S/C18H21N5O/c1-3-5-15(24)23-10-13(2)18(23)7-4-9-22(11-18)17-14-6-8-19-16(14)20-12-21-17/h1,6,8,12-13H,4-5,7,9-11H2,2H3,(H,19,20,21). The van der Waals surface area contributed by atoms with Crippen molar-refractivity contribution in [3.63, 3.8) is 0 Å². The Labute approximate surface area is 141 Å². The van der Waals surface area contributed by atoms with Crippen LogP contribution in [0.15, 0.2) is 18.6 Å². The molecule has 2 aliphatic rings. The third-order valence-electron chi connectivity index (χ3n) is 5.60. The number of fused-ring (bicyclic) bond motifs is 1. The van der Waals surface area contributed by atoms with Gasteiger partial charge in [-0.2, -0.15) is 0 Å². The van der Waals surface area contributed by atoms with E-state index < -0.39 is 0 Å². The molecular formula is C18H21N5O. The van der Waals surface area contributed by atoms with Gasteiger partial charge in [0.1, 0.15) is 17.8 Å². The van der Waals surface area contributed by atoms with Crippen molar-refractivity contribution in [1.29, 1.82) is 0 Å². The smallest absolute Gasteiger partial charge is 0.235 e. The molecule has 2 aromatic rings. The maximum absolute atomic E-state index is 12.4. The molecule has 2 aromatic heterocycles. The van der Waals surface area contributed by atoms with Crippen LogP contribution in [0.1, 0.15) is 26.2 Å². The van der Waals surface area contributed by atoms with E-state index in [-0.39, 0.29) is 17.9 Å². The highest BCUT2D eigenvalue weighted by molar-refractivity contribution is 5.87. The van der Waals surface area contributed by atoms with Crippen LogP contribution < -0.4 is 4.90 Å². The van der Waals surface area contributed by atoms with Gasteiger partial charge in [0.05, 0.1) is 17.3 Å². The number of H-pyrrole nitrogens is 1. The fourth-order valence-corrected chi connectivity index (χ4v) is 4.29. The van der Waals surface area contributed by atoms with Gasteiger partial charge in [-0.15, -0.1) is 6.42 Å². The fourth-order valence-electron chi connectivity index (χ4n) is 4.29. The lowest BCUT2D eigenvalue weighted by Crippen LogP contribution is -2.73. The molecule has 2 fully saturated rings. The monoisotopic (exact) mass is 323 g/mol. The van der Waals surface area contributed by atoms with E-state index in [4.69, 9.17) is 6.42 Å². The second-order valence-corrected chi connectivity index (χ2v) is 6.85. The van der Waals surface area contributed by atoms with Crippen molar-refractivity contribution in [2.75, 3.05) is 24.5 Å². The number of aromatic amines is 1. The van der Waals surface area contributed by atoms with Crippen molar-refractivity contribution in [3.05, 3.63) is 18.6 Å². The predicted molar refractivity (Wildman–Crippen MR) is 92.4 cm³/mol. The second-order valence-electron chi connectivity index (χ2n) is 6.85. The van der Waals surface area contributed by atoms with Crippen molar-refractivity contribution in [1.82, 2.24) is 19.9 Å². The molecule has 24 heavy (non-hydrogen) atoms. The molecule has 2 unspecified atom stereocenters. The van der Waals surface area contributed by atoms with Crippen LogP contribution in [0.3, 0.4) is 0 Å². The number of hydrogen-bond acceptors (Lipinski definition) is 4. The van der Waals surface area contributed by atoms with Crippen LogP contribution >= 0.6 is 0 Å². The minimum atomic E-state index is -0.111. The molecule has 6 nitrogen and oxygen atoms in total. The largest absolute Gasteiger partial charge is 0.354 e. The molecular weight excluding hydrogens is 302 g/mol. The molecule has 2 atom stereocenters. The summed E-state index contributed by atoms with van der Waals surface area (Å²) in [4.78, 5) is 28.6. The van der Waals surface area contributed by atoms with Gasteiger partial charge in [0.2, 0.25) is 5.91 Å². The Hall–Kier alpha value is -2.55. The first-order valence-corrected chi connectivity index (χ1v) is 8.43. The molecule has 0 bridgehead atoms. The van der Waals surface area contributed by atoms with Crippen LogP contribution in [-0.4, -0.2) is 50.9 Å². The van der Waals surface area contributed by atoms with Gasteiger partial charge >= 0.3 is 0 Å². The Morgan fingerprint density at radius 1 is 1.54 bits per heavy atom. The number of likely N-dealkylation sites (tertiary alicyclic amines) is 1. The third kappa shape index (κ3) is 2.08. The highest BCUT2D eigenvalue weighted by Gasteiger charge is 2.54. The van der Waals surface area contributed by atoms with Crippen LogP contribution in [0.2, 0.25) is 0 Å². The van der Waals surface area contributed by atoms with Crippen molar-refractivity contribution >= 4 is 22.8 Å². The Morgan fingerprint density at radius 2 is 2.42 bits per heavy atom. The molecule has 1 spiro atoms. The molecule has 0 radical (unpaired) electrons. The maximum atomic E-state index is 12.4. The van der Waals surface area contributed by atoms with E-state index in [0.29, 0.717) is 5.92 Å². The highest BCUT2D eigenvalue weighted by atomic mass is 16.2. The molecule has 1 amide bonds. The van der Waals surface area contributed by atoms with E-state index in [1.54, 1.807) is 6.33 Å². The van der Waals surface area contributed by atoms with Crippen LogP contribution in [0.25, 0.3) is 11.0 Å². The Morgan fingerprint density at radius 3 is 3.21 bits per heavy atom. The number of piperidine rings is 1. The number of anilines is 1. The number of hydrogen-bond donors (Lipinski definition) is 1. The first-order chi connectivity index (χ1) is 11.7. The number of nitrogens with zero attached hydrogens (tertiary/aromatic N) is 4. The highest BCUT2D eigenvalue weighted by Crippen LogP contribution is 2.44. The number of rotatable bonds is 2. The quantitative estimate of drug-likeness (QED) is 0.856. The second kappa shape index (κ2) is 5.52. The fraction of sp³-hybridized carbons (Fsp3) is 0.500. The van der Waals surface area contributed by atoms with E-state index in [9.17, 15) is 4.79 Å². The molecule has 6 heteroatoms. The van der Waals surface area contributed by atoms with Gasteiger partial charge in [0.25, 0.3) is 0 Å².